The van der Waals surface area contributed by atoms with Crippen molar-refractivity contribution in [3.63, 3.8) is 0 Å². The Kier molecular flexibility index (Phi) is 12.7. The Balaban J connectivity index is 1.69. The van der Waals surface area contributed by atoms with Crippen LogP contribution in [0.4, 0.5) is 18.0 Å². The van der Waals surface area contributed by atoms with E-state index < -0.39 is 54.9 Å². The maximum absolute atomic E-state index is 13.1. The van der Waals surface area contributed by atoms with Crippen molar-refractivity contribution in [3.05, 3.63) is 108 Å². The first-order valence-electron chi connectivity index (χ1n) is 13.4. The highest BCUT2D eigenvalue weighted by molar-refractivity contribution is 5.88. The molecule has 0 saturated heterocycles. The minimum absolute atomic E-state index is 0.0443. The molecule has 2 unspecified atom stereocenters. The Hall–Kier alpha value is -4.91. The number of esters is 2. The molecule has 0 saturated carbocycles. The number of benzene rings is 3. The quantitative estimate of drug-likeness (QED) is 0.204. The third-order valence-corrected chi connectivity index (χ3v) is 6.03. The topological polar surface area (TPSA) is 129 Å². The molecule has 3 aromatic rings. The molecule has 10 nitrogen and oxygen atoms in total. The maximum atomic E-state index is 13.1. The highest BCUT2D eigenvalue weighted by Gasteiger charge is 2.42. The van der Waals surface area contributed by atoms with Gasteiger partial charge >= 0.3 is 30.1 Å². The van der Waals surface area contributed by atoms with Gasteiger partial charge in [0.1, 0.15) is 19.8 Å². The monoisotopic (exact) mass is 616 g/mol. The van der Waals surface area contributed by atoms with E-state index in [1.165, 1.54) is 12.2 Å². The van der Waals surface area contributed by atoms with Gasteiger partial charge in [-0.15, -0.1) is 0 Å². The average molecular weight is 617 g/mol. The molecule has 0 aliphatic heterocycles. The molecular formula is C31H31F3N2O8. The molecule has 0 fully saturated rings. The van der Waals surface area contributed by atoms with E-state index in [1.54, 1.807) is 91.0 Å². The van der Waals surface area contributed by atoms with Gasteiger partial charge in [-0.1, -0.05) is 91.0 Å². The Morgan fingerprint density at radius 2 is 1.14 bits per heavy atom. The smallest absolute Gasteiger partial charge is 0.461 e. The van der Waals surface area contributed by atoms with Gasteiger partial charge in [-0.3, -0.25) is 4.79 Å². The van der Waals surface area contributed by atoms with E-state index in [9.17, 15) is 32.3 Å². The van der Waals surface area contributed by atoms with E-state index in [2.05, 4.69) is 5.32 Å². The van der Waals surface area contributed by atoms with Crippen LogP contribution in [-0.2, 0) is 53.2 Å². The van der Waals surface area contributed by atoms with Gasteiger partial charge in [0, 0.05) is 0 Å². The van der Waals surface area contributed by atoms with E-state index in [1.807, 2.05) is 0 Å². The van der Waals surface area contributed by atoms with Crippen molar-refractivity contribution in [2.45, 2.75) is 51.1 Å². The van der Waals surface area contributed by atoms with Gasteiger partial charge in [-0.25, -0.2) is 14.4 Å². The summed E-state index contributed by atoms with van der Waals surface area (Å²) in [6.07, 6.45) is -7.36. The molecule has 13 heteroatoms. The number of hydrogen-bond donors (Lipinski definition) is 2. The summed E-state index contributed by atoms with van der Waals surface area (Å²) < 4.78 is 60.0. The Morgan fingerprint density at radius 3 is 1.64 bits per heavy atom. The van der Waals surface area contributed by atoms with Crippen LogP contribution in [0.25, 0.3) is 0 Å². The molecular weight excluding hydrogens is 585 g/mol. The summed E-state index contributed by atoms with van der Waals surface area (Å²) in [6.45, 7) is 0.0449. The molecule has 0 heterocycles. The average Bonchev–Trinajstić information content (AvgIpc) is 3.03. The molecule has 3 atom stereocenters. The number of carbonyl (C=O) groups is 4. The van der Waals surface area contributed by atoms with Crippen LogP contribution in [0.1, 0.15) is 23.6 Å². The second-order valence-electron chi connectivity index (χ2n) is 9.43. The van der Waals surface area contributed by atoms with Gasteiger partial charge in [-0.05, 0) is 23.6 Å². The lowest BCUT2D eigenvalue weighted by Gasteiger charge is -2.25. The number of carbonyl (C=O) groups excluding carboxylic acids is 4. The van der Waals surface area contributed by atoms with Gasteiger partial charge in [-0.2, -0.15) is 13.2 Å². The van der Waals surface area contributed by atoms with E-state index >= 15 is 0 Å². The summed E-state index contributed by atoms with van der Waals surface area (Å²) in [7, 11) is 0. The van der Waals surface area contributed by atoms with Crippen molar-refractivity contribution >= 4 is 23.9 Å². The molecule has 0 bridgehead atoms. The maximum Gasteiger partial charge on any atom is 0.471 e. The minimum Gasteiger partial charge on any atom is -0.461 e. The van der Waals surface area contributed by atoms with Crippen LogP contribution < -0.4 is 10.6 Å². The molecule has 0 radical (unpaired) electrons. The first-order chi connectivity index (χ1) is 21.0. The van der Waals surface area contributed by atoms with Crippen molar-refractivity contribution in [3.8, 4) is 0 Å². The van der Waals surface area contributed by atoms with Crippen molar-refractivity contribution < 1.29 is 51.3 Å². The molecule has 234 valence electrons. The summed E-state index contributed by atoms with van der Waals surface area (Å²) >= 11 is 0. The second-order valence-corrected chi connectivity index (χ2v) is 9.43. The number of halogens is 3. The second kappa shape index (κ2) is 16.7. The summed E-state index contributed by atoms with van der Waals surface area (Å²) in [5.41, 5.74) is 1.96. The summed E-state index contributed by atoms with van der Waals surface area (Å²) in [6, 6.07) is 22.3. The number of amides is 2. The van der Waals surface area contributed by atoms with E-state index in [4.69, 9.17) is 18.9 Å². The van der Waals surface area contributed by atoms with Crippen LogP contribution in [-0.4, -0.2) is 54.9 Å². The Morgan fingerprint density at radius 1 is 0.659 bits per heavy atom. The van der Waals surface area contributed by atoms with Crippen LogP contribution in [0.5, 0.6) is 0 Å². The SMILES string of the molecule is CC(OCc1ccccc1)C(NC(=O)OCc1ccccc1)C(=O)OC[C@H](NC(=O)C(F)(F)F)C(=O)OCc1ccccc1. The summed E-state index contributed by atoms with van der Waals surface area (Å²) in [4.78, 5) is 50.0. The third kappa shape index (κ3) is 11.4. The molecule has 3 aromatic carbocycles. The molecule has 3 rings (SSSR count). The summed E-state index contributed by atoms with van der Waals surface area (Å²) in [5.74, 6) is -4.88. The van der Waals surface area contributed by atoms with Crippen molar-refractivity contribution in [2.24, 2.45) is 0 Å². The van der Waals surface area contributed by atoms with E-state index in [0.717, 1.165) is 5.56 Å². The highest BCUT2D eigenvalue weighted by Crippen LogP contribution is 2.15. The predicted octanol–water partition coefficient (Wildman–Crippen LogP) is 4.22. The van der Waals surface area contributed by atoms with Gasteiger partial charge in [0.25, 0.3) is 0 Å². The standard InChI is InChI=1S/C31H31F3N2O8/c1-21(41-17-22-11-5-2-6-12-22)26(36-30(40)44-19-24-15-9-4-10-16-24)28(38)43-20-25(35-29(39)31(32,33)34)27(37)42-18-23-13-7-3-8-14-23/h2-16,21,25-26H,17-20H2,1H3,(H,35,39)(H,36,40)/t21?,25-,26?/m0/s1. The van der Waals surface area contributed by atoms with Crippen LogP contribution >= 0.6 is 0 Å². The molecule has 44 heavy (non-hydrogen) atoms. The lowest BCUT2D eigenvalue weighted by molar-refractivity contribution is -0.177. The number of hydrogen-bond acceptors (Lipinski definition) is 8. The van der Waals surface area contributed by atoms with Gasteiger partial charge < -0.3 is 29.6 Å². The Bertz CT molecular complexity index is 1360. The number of nitrogens with one attached hydrogen (secondary N) is 2. The fourth-order valence-corrected chi connectivity index (χ4v) is 3.65. The van der Waals surface area contributed by atoms with E-state index in [-0.39, 0.29) is 19.8 Å². The van der Waals surface area contributed by atoms with Gasteiger partial charge in [0.05, 0.1) is 12.7 Å². The van der Waals surface area contributed by atoms with Crippen LogP contribution in [0.3, 0.4) is 0 Å². The third-order valence-electron chi connectivity index (χ3n) is 6.03. The number of alkyl halides is 3. The molecule has 2 N–H and O–H groups in total. The van der Waals surface area contributed by atoms with Crippen molar-refractivity contribution in [1.82, 2.24) is 10.6 Å². The molecule has 0 aliphatic rings. The number of rotatable bonds is 14. The zero-order valence-corrected chi connectivity index (χ0v) is 23.6. The van der Waals surface area contributed by atoms with Crippen LogP contribution in [0, 0.1) is 0 Å². The van der Waals surface area contributed by atoms with Crippen molar-refractivity contribution in [2.75, 3.05) is 6.61 Å². The van der Waals surface area contributed by atoms with Crippen molar-refractivity contribution in [1.29, 1.82) is 0 Å². The minimum atomic E-state index is -5.33. The fraction of sp³-hybridized carbons (Fsp3) is 0.290. The lowest BCUT2D eigenvalue weighted by Crippen LogP contribution is -2.53. The lowest BCUT2D eigenvalue weighted by atomic mass is 10.1. The summed E-state index contributed by atoms with van der Waals surface area (Å²) in [5, 5.41) is 3.83. The Labute approximate surface area is 251 Å². The largest absolute Gasteiger partial charge is 0.471 e. The molecule has 0 aromatic heterocycles. The van der Waals surface area contributed by atoms with Crippen LogP contribution in [0.15, 0.2) is 91.0 Å². The van der Waals surface area contributed by atoms with Gasteiger partial charge in [0.2, 0.25) is 0 Å². The predicted molar refractivity (Wildman–Crippen MR) is 149 cm³/mol. The normalized spacial score (nSPS) is 13.1. The fourth-order valence-electron chi connectivity index (χ4n) is 3.65. The first-order valence-corrected chi connectivity index (χ1v) is 13.4. The first kappa shape index (κ1) is 33.6. The number of alkyl carbamates (subject to hydrolysis) is 1. The number of ether oxygens (including phenoxy) is 4. The van der Waals surface area contributed by atoms with E-state index in [0.29, 0.717) is 11.1 Å². The van der Waals surface area contributed by atoms with Crippen LogP contribution in [0.2, 0.25) is 0 Å². The van der Waals surface area contributed by atoms with Gasteiger partial charge in [0.15, 0.2) is 12.1 Å². The zero-order valence-electron chi connectivity index (χ0n) is 23.6. The molecule has 0 aliphatic carbocycles. The molecule has 0 spiro atoms. The zero-order chi connectivity index (χ0) is 32.0. The molecule has 2 amide bonds. The highest BCUT2D eigenvalue weighted by atomic mass is 19.4.